The number of amides is 2. The number of nitrogens with zero attached hydrogens (tertiary/aromatic N) is 1. The van der Waals surface area contributed by atoms with Crippen LogP contribution in [-0.2, 0) is 4.74 Å². The molecule has 0 radical (unpaired) electrons. The van der Waals surface area contributed by atoms with Crippen LogP contribution >= 0.6 is 0 Å². The van der Waals surface area contributed by atoms with E-state index in [1.54, 1.807) is 19.2 Å². The Bertz CT molecular complexity index is 450. The Labute approximate surface area is 118 Å². The van der Waals surface area contributed by atoms with Gasteiger partial charge in [-0.25, -0.2) is 9.18 Å². The minimum atomic E-state index is -0.228. The number of ether oxygens (including phenoxy) is 1. The molecule has 4 nitrogen and oxygen atoms in total. The summed E-state index contributed by atoms with van der Waals surface area (Å²) in [6.07, 6.45) is 0.906. The Hall–Kier alpha value is -1.62. The fourth-order valence-electron chi connectivity index (χ4n) is 2.65. The topological polar surface area (TPSA) is 41.6 Å². The third kappa shape index (κ3) is 3.48. The van der Waals surface area contributed by atoms with Gasteiger partial charge >= 0.3 is 6.03 Å². The minimum Gasteiger partial charge on any atom is -0.383 e. The number of likely N-dealkylation sites (tertiary alicyclic amines) is 1. The number of benzene rings is 1. The van der Waals surface area contributed by atoms with Gasteiger partial charge in [0.25, 0.3) is 0 Å². The molecule has 0 bridgehead atoms. The van der Waals surface area contributed by atoms with Gasteiger partial charge in [0.2, 0.25) is 0 Å². The first-order valence-electron chi connectivity index (χ1n) is 6.90. The number of nitrogens with one attached hydrogen (secondary N) is 1. The number of urea groups is 1. The van der Waals surface area contributed by atoms with Crippen molar-refractivity contribution in [3.63, 3.8) is 0 Å². The summed E-state index contributed by atoms with van der Waals surface area (Å²) in [5.41, 5.74) is 1.09. The molecule has 2 atom stereocenters. The summed E-state index contributed by atoms with van der Waals surface area (Å²) < 4.78 is 17.9. The summed E-state index contributed by atoms with van der Waals surface area (Å²) in [4.78, 5) is 13.9. The Kier molecular flexibility index (Phi) is 4.95. The van der Waals surface area contributed by atoms with Crippen molar-refractivity contribution in [3.8, 4) is 0 Å². The molecule has 1 saturated heterocycles. The molecule has 1 heterocycles. The largest absolute Gasteiger partial charge is 0.383 e. The SMILES string of the molecule is COCCNC(=O)N1C[C@H](c2ccc(F)cc2)C[C@H]1C. The molecule has 0 aromatic heterocycles. The van der Waals surface area contributed by atoms with E-state index in [-0.39, 0.29) is 23.8 Å². The molecule has 5 heteroatoms. The summed E-state index contributed by atoms with van der Waals surface area (Å²) in [6, 6.07) is 6.69. The fourth-order valence-corrected chi connectivity index (χ4v) is 2.65. The van der Waals surface area contributed by atoms with Gasteiger partial charge in [-0.05, 0) is 31.0 Å². The molecule has 110 valence electrons. The van der Waals surface area contributed by atoms with Crippen LogP contribution in [0.2, 0.25) is 0 Å². The molecule has 0 aliphatic carbocycles. The summed E-state index contributed by atoms with van der Waals surface area (Å²) in [5.74, 6) is 0.0488. The van der Waals surface area contributed by atoms with Crippen molar-refractivity contribution in [2.45, 2.75) is 25.3 Å². The third-order valence-electron chi connectivity index (χ3n) is 3.76. The lowest BCUT2D eigenvalue weighted by molar-refractivity contribution is 0.178. The quantitative estimate of drug-likeness (QED) is 0.860. The van der Waals surface area contributed by atoms with Crippen molar-refractivity contribution in [1.82, 2.24) is 10.2 Å². The Morgan fingerprint density at radius 1 is 1.45 bits per heavy atom. The van der Waals surface area contributed by atoms with E-state index in [1.165, 1.54) is 12.1 Å². The zero-order valence-electron chi connectivity index (χ0n) is 11.9. The first-order chi connectivity index (χ1) is 9.61. The van der Waals surface area contributed by atoms with Gasteiger partial charge in [-0.2, -0.15) is 0 Å². The van der Waals surface area contributed by atoms with Crippen molar-refractivity contribution in [2.75, 3.05) is 26.8 Å². The lowest BCUT2D eigenvalue weighted by Gasteiger charge is -2.21. The molecule has 1 N–H and O–H groups in total. The molecular weight excluding hydrogens is 259 g/mol. The van der Waals surface area contributed by atoms with Gasteiger partial charge in [0.1, 0.15) is 5.82 Å². The minimum absolute atomic E-state index is 0.0563. The Morgan fingerprint density at radius 2 is 2.15 bits per heavy atom. The van der Waals surface area contributed by atoms with Crippen LogP contribution in [0.5, 0.6) is 0 Å². The van der Waals surface area contributed by atoms with Crippen LogP contribution in [0.4, 0.5) is 9.18 Å². The molecule has 1 aromatic rings. The van der Waals surface area contributed by atoms with Crippen LogP contribution in [-0.4, -0.2) is 43.8 Å². The number of rotatable bonds is 4. The first kappa shape index (κ1) is 14.8. The van der Waals surface area contributed by atoms with Crippen molar-refractivity contribution in [3.05, 3.63) is 35.6 Å². The molecule has 1 aliphatic heterocycles. The summed E-state index contributed by atoms with van der Waals surface area (Å²) >= 11 is 0. The van der Waals surface area contributed by atoms with E-state index in [2.05, 4.69) is 5.32 Å². The number of carbonyl (C=O) groups is 1. The van der Waals surface area contributed by atoms with E-state index in [1.807, 2.05) is 11.8 Å². The smallest absolute Gasteiger partial charge is 0.317 e. The van der Waals surface area contributed by atoms with Gasteiger partial charge < -0.3 is 15.0 Å². The lowest BCUT2D eigenvalue weighted by Crippen LogP contribution is -2.42. The van der Waals surface area contributed by atoms with Crippen LogP contribution in [0, 0.1) is 5.82 Å². The second-order valence-electron chi connectivity index (χ2n) is 5.21. The molecule has 1 fully saturated rings. The normalized spacial score (nSPS) is 22.1. The predicted molar refractivity (Wildman–Crippen MR) is 75.2 cm³/mol. The highest BCUT2D eigenvalue weighted by molar-refractivity contribution is 5.75. The highest BCUT2D eigenvalue weighted by Gasteiger charge is 2.32. The van der Waals surface area contributed by atoms with Crippen molar-refractivity contribution >= 4 is 6.03 Å². The molecule has 1 aromatic carbocycles. The van der Waals surface area contributed by atoms with E-state index in [4.69, 9.17) is 4.74 Å². The molecule has 0 unspecified atom stereocenters. The summed E-state index contributed by atoms with van der Waals surface area (Å²) in [7, 11) is 1.61. The highest BCUT2D eigenvalue weighted by Crippen LogP contribution is 2.31. The average Bonchev–Trinajstić information content (AvgIpc) is 2.82. The molecule has 0 spiro atoms. The maximum Gasteiger partial charge on any atom is 0.317 e. The Balaban J connectivity index is 1.94. The standard InChI is InChI=1S/C15H21FN2O2/c1-11-9-13(12-3-5-14(16)6-4-12)10-18(11)15(19)17-7-8-20-2/h3-6,11,13H,7-10H2,1-2H3,(H,17,19)/t11-,13-/m1/s1. The van der Waals surface area contributed by atoms with Gasteiger partial charge in [0.05, 0.1) is 6.61 Å². The van der Waals surface area contributed by atoms with Crippen molar-refractivity contribution in [1.29, 1.82) is 0 Å². The molecular formula is C15H21FN2O2. The zero-order valence-corrected chi connectivity index (χ0v) is 11.9. The summed E-state index contributed by atoms with van der Waals surface area (Å²) in [6.45, 7) is 3.74. The number of methoxy groups -OCH3 is 1. The van der Waals surface area contributed by atoms with Gasteiger partial charge in [-0.15, -0.1) is 0 Å². The number of hydrogen-bond acceptors (Lipinski definition) is 2. The molecule has 2 amide bonds. The van der Waals surface area contributed by atoms with Gasteiger partial charge in [0.15, 0.2) is 0 Å². The molecule has 1 aliphatic rings. The van der Waals surface area contributed by atoms with Crippen LogP contribution in [0.3, 0.4) is 0 Å². The maximum atomic E-state index is 12.9. The van der Waals surface area contributed by atoms with E-state index >= 15 is 0 Å². The second-order valence-corrected chi connectivity index (χ2v) is 5.21. The summed E-state index contributed by atoms with van der Waals surface area (Å²) in [5, 5.41) is 2.84. The average molecular weight is 280 g/mol. The fraction of sp³-hybridized carbons (Fsp3) is 0.533. The number of halogens is 1. The lowest BCUT2D eigenvalue weighted by atomic mass is 9.97. The monoisotopic (exact) mass is 280 g/mol. The van der Waals surface area contributed by atoms with E-state index in [9.17, 15) is 9.18 Å². The highest BCUT2D eigenvalue weighted by atomic mass is 19.1. The third-order valence-corrected chi connectivity index (χ3v) is 3.76. The predicted octanol–water partition coefficient (Wildman–Crippen LogP) is 2.36. The molecule has 0 saturated carbocycles. The van der Waals surface area contributed by atoms with Crippen molar-refractivity contribution < 1.29 is 13.9 Å². The zero-order chi connectivity index (χ0) is 14.5. The van der Waals surface area contributed by atoms with E-state index in [0.29, 0.717) is 19.7 Å². The molecule has 20 heavy (non-hydrogen) atoms. The van der Waals surface area contributed by atoms with Gasteiger partial charge in [-0.3, -0.25) is 0 Å². The Morgan fingerprint density at radius 3 is 2.80 bits per heavy atom. The first-order valence-corrected chi connectivity index (χ1v) is 6.90. The number of hydrogen-bond donors (Lipinski definition) is 1. The van der Waals surface area contributed by atoms with E-state index in [0.717, 1.165) is 12.0 Å². The maximum absolute atomic E-state index is 12.9. The van der Waals surface area contributed by atoms with Crippen molar-refractivity contribution in [2.24, 2.45) is 0 Å². The van der Waals surface area contributed by atoms with Gasteiger partial charge in [0, 0.05) is 32.2 Å². The van der Waals surface area contributed by atoms with Crippen LogP contribution < -0.4 is 5.32 Å². The second kappa shape index (κ2) is 6.70. The van der Waals surface area contributed by atoms with Crippen LogP contribution in [0.25, 0.3) is 0 Å². The van der Waals surface area contributed by atoms with Gasteiger partial charge in [-0.1, -0.05) is 12.1 Å². The number of carbonyl (C=O) groups excluding carboxylic acids is 1. The van der Waals surface area contributed by atoms with Crippen LogP contribution in [0.1, 0.15) is 24.8 Å². The van der Waals surface area contributed by atoms with Crippen LogP contribution in [0.15, 0.2) is 24.3 Å². The molecule has 2 rings (SSSR count). The van der Waals surface area contributed by atoms with E-state index < -0.39 is 0 Å².